The Morgan fingerprint density at radius 3 is 2.15 bits per heavy atom. The van der Waals surface area contributed by atoms with E-state index in [0.717, 1.165) is 5.56 Å². The Morgan fingerprint density at radius 2 is 1.85 bits per heavy atom. The van der Waals surface area contributed by atoms with E-state index < -0.39 is 4.92 Å². The zero-order valence-electron chi connectivity index (χ0n) is 6.89. The third-order valence-electron chi connectivity index (χ3n) is 1.21. The van der Waals surface area contributed by atoms with Crippen LogP contribution < -0.4 is 0 Å². The Balaban J connectivity index is -0.000000333. The molecule has 0 bridgehead atoms. The third-order valence-corrected chi connectivity index (χ3v) is 1.21. The topological polar surface area (TPSA) is 74.6 Å². The Kier molecular flexibility index (Phi) is 10.8. The van der Waals surface area contributed by atoms with Gasteiger partial charge in [-0.15, -0.1) is 24.8 Å². The Bertz CT molecular complexity index is 268. The van der Waals surface area contributed by atoms with E-state index >= 15 is 0 Å². The SMILES string of the molecule is Cc1cccc([N+](=O)[O-])c1.Cl.Cl.O. The first-order chi connectivity index (χ1) is 4.70. The second kappa shape index (κ2) is 7.79. The maximum Gasteiger partial charge on any atom is 0.269 e. The molecule has 0 unspecified atom stereocenters. The van der Waals surface area contributed by atoms with Crippen LogP contribution in [-0.4, -0.2) is 10.4 Å². The molecule has 2 N–H and O–H groups in total. The van der Waals surface area contributed by atoms with Gasteiger partial charge in [0.15, 0.2) is 0 Å². The number of halogens is 2. The van der Waals surface area contributed by atoms with Crippen LogP contribution in [0.2, 0.25) is 0 Å². The molecule has 4 nitrogen and oxygen atoms in total. The van der Waals surface area contributed by atoms with E-state index in [-0.39, 0.29) is 36.0 Å². The van der Waals surface area contributed by atoms with Crippen molar-refractivity contribution in [2.24, 2.45) is 0 Å². The molecule has 76 valence electrons. The Labute approximate surface area is 88.2 Å². The van der Waals surface area contributed by atoms with Crippen LogP contribution in [0.15, 0.2) is 24.3 Å². The lowest BCUT2D eigenvalue weighted by molar-refractivity contribution is -0.384. The molecule has 13 heavy (non-hydrogen) atoms. The summed E-state index contributed by atoms with van der Waals surface area (Å²) in [5, 5.41) is 10.2. The number of benzene rings is 1. The summed E-state index contributed by atoms with van der Waals surface area (Å²) in [5.41, 5.74) is 1.06. The lowest BCUT2D eigenvalue weighted by atomic mass is 10.2. The van der Waals surface area contributed by atoms with E-state index in [4.69, 9.17) is 0 Å². The largest absolute Gasteiger partial charge is 0.412 e. The van der Waals surface area contributed by atoms with E-state index in [2.05, 4.69) is 0 Å². The molecule has 0 aliphatic heterocycles. The van der Waals surface area contributed by atoms with Crippen molar-refractivity contribution in [3.63, 3.8) is 0 Å². The highest BCUT2D eigenvalue weighted by Gasteiger charge is 2.01. The fourth-order valence-electron chi connectivity index (χ4n) is 0.742. The number of rotatable bonds is 1. The van der Waals surface area contributed by atoms with Crippen molar-refractivity contribution in [1.29, 1.82) is 0 Å². The molecule has 0 atom stereocenters. The van der Waals surface area contributed by atoms with Gasteiger partial charge in [0.2, 0.25) is 0 Å². The van der Waals surface area contributed by atoms with Gasteiger partial charge in [0, 0.05) is 12.1 Å². The number of non-ortho nitro benzene ring substituents is 1. The van der Waals surface area contributed by atoms with Crippen LogP contribution in [0.5, 0.6) is 0 Å². The van der Waals surface area contributed by atoms with Crippen molar-refractivity contribution < 1.29 is 10.4 Å². The molecule has 6 heteroatoms. The number of hydrogen-bond donors (Lipinski definition) is 0. The fourth-order valence-corrected chi connectivity index (χ4v) is 0.742. The van der Waals surface area contributed by atoms with Crippen LogP contribution in [0.1, 0.15) is 5.56 Å². The van der Waals surface area contributed by atoms with Gasteiger partial charge in [-0.05, 0) is 12.5 Å². The van der Waals surface area contributed by atoms with Gasteiger partial charge < -0.3 is 5.48 Å². The average molecular weight is 228 g/mol. The molecule has 1 aromatic carbocycles. The van der Waals surface area contributed by atoms with Gasteiger partial charge in [-0.3, -0.25) is 10.1 Å². The van der Waals surface area contributed by atoms with Crippen LogP contribution in [0.4, 0.5) is 5.69 Å². The average Bonchev–Trinajstić information content (AvgIpc) is 1.88. The monoisotopic (exact) mass is 227 g/mol. The summed E-state index contributed by atoms with van der Waals surface area (Å²) in [6, 6.07) is 6.52. The van der Waals surface area contributed by atoms with Gasteiger partial charge in [0.05, 0.1) is 4.92 Å². The van der Waals surface area contributed by atoms with Crippen LogP contribution in [0.3, 0.4) is 0 Å². The summed E-state index contributed by atoms with van der Waals surface area (Å²) in [4.78, 5) is 9.76. The van der Waals surface area contributed by atoms with Crippen molar-refractivity contribution in [2.45, 2.75) is 6.92 Å². The van der Waals surface area contributed by atoms with Crippen molar-refractivity contribution in [3.8, 4) is 0 Å². The van der Waals surface area contributed by atoms with E-state index in [1.807, 2.05) is 13.0 Å². The fraction of sp³-hybridized carbons (Fsp3) is 0.143. The molecule has 0 radical (unpaired) electrons. The highest BCUT2D eigenvalue weighted by atomic mass is 35.5. The molecule has 0 fully saturated rings. The zero-order chi connectivity index (χ0) is 7.56. The molecule has 1 aromatic rings. The van der Waals surface area contributed by atoms with Gasteiger partial charge in [-0.25, -0.2) is 0 Å². The van der Waals surface area contributed by atoms with E-state index in [9.17, 15) is 10.1 Å². The molecule has 0 spiro atoms. The minimum absolute atomic E-state index is 0. The van der Waals surface area contributed by atoms with Crippen molar-refractivity contribution in [2.75, 3.05) is 0 Å². The zero-order valence-corrected chi connectivity index (χ0v) is 8.52. The van der Waals surface area contributed by atoms with Gasteiger partial charge in [-0.2, -0.15) is 0 Å². The summed E-state index contributed by atoms with van der Waals surface area (Å²) in [5.74, 6) is 0. The lowest BCUT2D eigenvalue weighted by Crippen LogP contribution is -1.86. The molecule has 0 aromatic heterocycles. The van der Waals surface area contributed by atoms with Gasteiger partial charge in [-0.1, -0.05) is 12.1 Å². The summed E-state index contributed by atoms with van der Waals surface area (Å²) in [6.07, 6.45) is 0. The number of nitro benzene ring substituents is 1. The summed E-state index contributed by atoms with van der Waals surface area (Å²) < 4.78 is 0. The van der Waals surface area contributed by atoms with Crippen LogP contribution in [-0.2, 0) is 0 Å². The van der Waals surface area contributed by atoms with E-state index in [0.29, 0.717) is 0 Å². The first-order valence-corrected chi connectivity index (χ1v) is 2.91. The van der Waals surface area contributed by atoms with Gasteiger partial charge in [0.25, 0.3) is 5.69 Å². The second-order valence-electron chi connectivity index (χ2n) is 2.10. The normalized spacial score (nSPS) is 7.15. The maximum absolute atomic E-state index is 10.2. The Morgan fingerprint density at radius 1 is 1.31 bits per heavy atom. The molecule has 0 amide bonds. The molecule has 0 saturated heterocycles. The quantitative estimate of drug-likeness (QED) is 0.543. The first-order valence-electron chi connectivity index (χ1n) is 2.91. The molecular weight excluding hydrogens is 217 g/mol. The predicted octanol–water partition coefficient (Wildman–Crippen LogP) is 1.92. The van der Waals surface area contributed by atoms with Crippen molar-refractivity contribution in [1.82, 2.24) is 0 Å². The molecule has 0 aliphatic rings. The highest BCUT2D eigenvalue weighted by molar-refractivity contribution is 5.85. The van der Waals surface area contributed by atoms with Crippen LogP contribution >= 0.6 is 24.8 Å². The number of hydrogen-bond acceptors (Lipinski definition) is 2. The molecule has 0 heterocycles. The predicted molar refractivity (Wildman–Crippen MR) is 55.9 cm³/mol. The van der Waals surface area contributed by atoms with Crippen LogP contribution in [0, 0.1) is 17.0 Å². The maximum atomic E-state index is 10.2. The summed E-state index contributed by atoms with van der Waals surface area (Å²) >= 11 is 0. The minimum Gasteiger partial charge on any atom is -0.412 e. The van der Waals surface area contributed by atoms with Crippen molar-refractivity contribution in [3.05, 3.63) is 39.9 Å². The van der Waals surface area contributed by atoms with Crippen LogP contribution in [0.25, 0.3) is 0 Å². The van der Waals surface area contributed by atoms with E-state index in [1.54, 1.807) is 12.1 Å². The minimum atomic E-state index is -0.396. The van der Waals surface area contributed by atoms with Crippen molar-refractivity contribution >= 4 is 30.5 Å². The number of nitrogens with zero attached hydrogens (tertiary/aromatic N) is 1. The third kappa shape index (κ3) is 5.41. The second-order valence-corrected chi connectivity index (χ2v) is 2.10. The highest BCUT2D eigenvalue weighted by Crippen LogP contribution is 2.11. The number of aryl methyl sites for hydroxylation is 1. The van der Waals surface area contributed by atoms with Gasteiger partial charge in [0.1, 0.15) is 0 Å². The number of nitro groups is 1. The smallest absolute Gasteiger partial charge is 0.269 e. The molecule has 0 saturated carbocycles. The first kappa shape index (κ1) is 18.0. The Hall–Kier alpha value is -0.840. The molecule has 1 rings (SSSR count). The van der Waals surface area contributed by atoms with Gasteiger partial charge >= 0.3 is 0 Å². The summed E-state index contributed by atoms with van der Waals surface area (Å²) in [7, 11) is 0. The molecular formula is C7H11Cl2NO3. The molecule has 0 aliphatic carbocycles. The standard InChI is InChI=1S/C7H7NO2.2ClH.H2O/c1-6-3-2-4-7(5-6)8(9)10;;;/h2-5H,1H3;2*1H;1H2. The van der Waals surface area contributed by atoms with E-state index in [1.165, 1.54) is 6.07 Å². The summed E-state index contributed by atoms with van der Waals surface area (Å²) in [6.45, 7) is 1.83. The lowest BCUT2D eigenvalue weighted by Gasteiger charge is -1.90.